The molecule has 2 aromatic carbocycles. The van der Waals surface area contributed by atoms with Crippen molar-refractivity contribution in [3.8, 4) is 17.2 Å². The Kier molecular flexibility index (Phi) is 7.69. The van der Waals surface area contributed by atoms with Crippen molar-refractivity contribution in [3.05, 3.63) is 60.4 Å². The number of methoxy groups -OCH3 is 3. The van der Waals surface area contributed by atoms with Crippen LogP contribution in [0.25, 0.3) is 0 Å². The van der Waals surface area contributed by atoms with Gasteiger partial charge in [-0.05, 0) is 42.3 Å². The summed E-state index contributed by atoms with van der Waals surface area (Å²) in [5.41, 5.74) is 2.06. The number of aromatic nitrogens is 2. The first-order valence-electron chi connectivity index (χ1n) is 9.98. The number of hydrogen-bond acceptors (Lipinski definition) is 6. The molecular formula is C23H26N4O5. The van der Waals surface area contributed by atoms with Gasteiger partial charge in [-0.25, -0.2) is 0 Å². The van der Waals surface area contributed by atoms with Gasteiger partial charge < -0.3 is 24.8 Å². The van der Waals surface area contributed by atoms with Crippen LogP contribution < -0.4 is 24.8 Å². The van der Waals surface area contributed by atoms with E-state index >= 15 is 0 Å². The van der Waals surface area contributed by atoms with E-state index in [2.05, 4.69) is 15.7 Å². The fourth-order valence-corrected chi connectivity index (χ4v) is 3.16. The first kappa shape index (κ1) is 22.7. The van der Waals surface area contributed by atoms with Crippen LogP contribution in [0, 0.1) is 0 Å². The van der Waals surface area contributed by atoms with E-state index in [0.29, 0.717) is 35.0 Å². The van der Waals surface area contributed by atoms with Gasteiger partial charge in [-0.1, -0.05) is 12.1 Å². The predicted molar refractivity (Wildman–Crippen MR) is 120 cm³/mol. The molecule has 0 saturated carbocycles. The molecule has 0 aliphatic rings. The zero-order valence-electron chi connectivity index (χ0n) is 18.3. The summed E-state index contributed by atoms with van der Waals surface area (Å²) in [5.74, 6) is 1.55. The Bertz CT molecular complexity index is 1060. The van der Waals surface area contributed by atoms with E-state index in [1.54, 1.807) is 51.8 Å². The van der Waals surface area contributed by atoms with Gasteiger partial charge in [0, 0.05) is 18.3 Å². The fourth-order valence-electron chi connectivity index (χ4n) is 3.16. The lowest BCUT2D eigenvalue weighted by atomic mass is 10.1. The summed E-state index contributed by atoms with van der Waals surface area (Å²) in [6.07, 6.45) is 3.86. The van der Waals surface area contributed by atoms with Gasteiger partial charge in [-0.15, -0.1) is 0 Å². The minimum absolute atomic E-state index is 0.0168. The second kappa shape index (κ2) is 10.9. The molecule has 0 radical (unpaired) electrons. The molecule has 0 unspecified atom stereocenters. The molecule has 9 heteroatoms. The van der Waals surface area contributed by atoms with Crippen LogP contribution in [0.3, 0.4) is 0 Å². The number of nitrogens with one attached hydrogen (secondary N) is 2. The van der Waals surface area contributed by atoms with Crippen molar-refractivity contribution < 1.29 is 23.8 Å². The van der Waals surface area contributed by atoms with Crippen molar-refractivity contribution in [1.82, 2.24) is 9.78 Å². The van der Waals surface area contributed by atoms with Crippen molar-refractivity contribution in [2.45, 2.75) is 19.4 Å². The van der Waals surface area contributed by atoms with E-state index < -0.39 is 0 Å². The topological polar surface area (TPSA) is 104 Å². The van der Waals surface area contributed by atoms with Crippen LogP contribution in [0.15, 0.2) is 54.9 Å². The zero-order valence-corrected chi connectivity index (χ0v) is 18.3. The highest BCUT2D eigenvalue weighted by molar-refractivity contribution is 5.91. The second-order valence-corrected chi connectivity index (χ2v) is 6.90. The molecular weight excluding hydrogens is 412 g/mol. The van der Waals surface area contributed by atoms with E-state index in [0.717, 1.165) is 5.56 Å². The van der Waals surface area contributed by atoms with Gasteiger partial charge >= 0.3 is 0 Å². The Labute approximate surface area is 186 Å². The van der Waals surface area contributed by atoms with Gasteiger partial charge in [0.25, 0.3) is 0 Å². The summed E-state index contributed by atoms with van der Waals surface area (Å²) < 4.78 is 17.2. The van der Waals surface area contributed by atoms with Crippen LogP contribution in [0.5, 0.6) is 17.2 Å². The normalized spacial score (nSPS) is 10.3. The summed E-state index contributed by atoms with van der Waals surface area (Å²) in [6.45, 7) is 0.0168. The molecule has 0 bridgehead atoms. The Morgan fingerprint density at radius 3 is 2.34 bits per heavy atom. The molecule has 0 spiro atoms. The van der Waals surface area contributed by atoms with E-state index in [-0.39, 0.29) is 24.8 Å². The van der Waals surface area contributed by atoms with Crippen LogP contribution in [0.1, 0.15) is 12.0 Å². The molecule has 32 heavy (non-hydrogen) atoms. The average molecular weight is 438 g/mol. The lowest BCUT2D eigenvalue weighted by molar-refractivity contribution is -0.117. The third-order valence-electron chi connectivity index (χ3n) is 4.70. The SMILES string of the molecule is COc1ccc(NC(=O)Cn2cc(NC(=O)CCc3cccc(OC)c3OC)cn2)cc1. The minimum atomic E-state index is -0.235. The van der Waals surface area contributed by atoms with Gasteiger partial charge in [0.05, 0.1) is 33.2 Å². The molecule has 0 atom stereocenters. The fraction of sp³-hybridized carbons (Fsp3) is 0.261. The number of hydrogen-bond donors (Lipinski definition) is 2. The Morgan fingerprint density at radius 2 is 1.66 bits per heavy atom. The molecule has 2 N–H and O–H groups in total. The van der Waals surface area contributed by atoms with Crippen molar-refractivity contribution in [2.75, 3.05) is 32.0 Å². The number of nitrogens with zero attached hydrogens (tertiary/aromatic N) is 2. The molecule has 9 nitrogen and oxygen atoms in total. The van der Waals surface area contributed by atoms with Crippen molar-refractivity contribution >= 4 is 23.2 Å². The monoisotopic (exact) mass is 438 g/mol. The Morgan fingerprint density at radius 1 is 0.906 bits per heavy atom. The molecule has 3 aromatic rings. The molecule has 0 aliphatic heterocycles. The van der Waals surface area contributed by atoms with E-state index in [9.17, 15) is 9.59 Å². The maximum atomic E-state index is 12.4. The summed E-state index contributed by atoms with van der Waals surface area (Å²) in [6, 6.07) is 12.6. The summed E-state index contributed by atoms with van der Waals surface area (Å²) in [5, 5.41) is 9.71. The molecule has 0 saturated heterocycles. The number of amides is 2. The summed E-state index contributed by atoms with van der Waals surface area (Å²) in [4.78, 5) is 24.6. The minimum Gasteiger partial charge on any atom is -0.497 e. The number of ether oxygens (including phenoxy) is 3. The van der Waals surface area contributed by atoms with Crippen LogP contribution in [-0.4, -0.2) is 42.9 Å². The molecule has 3 rings (SSSR count). The van der Waals surface area contributed by atoms with Crippen LogP contribution in [-0.2, 0) is 22.6 Å². The first-order chi connectivity index (χ1) is 15.5. The van der Waals surface area contributed by atoms with Crippen LogP contribution in [0.2, 0.25) is 0 Å². The number of para-hydroxylation sites is 1. The van der Waals surface area contributed by atoms with Crippen molar-refractivity contribution in [1.29, 1.82) is 0 Å². The Hall–Kier alpha value is -4.01. The number of aryl methyl sites for hydroxylation is 1. The van der Waals surface area contributed by atoms with Crippen molar-refractivity contribution in [3.63, 3.8) is 0 Å². The number of anilines is 2. The average Bonchev–Trinajstić information content (AvgIpc) is 3.23. The van der Waals surface area contributed by atoms with Crippen LogP contribution >= 0.6 is 0 Å². The summed E-state index contributed by atoms with van der Waals surface area (Å²) in [7, 11) is 4.72. The van der Waals surface area contributed by atoms with E-state index in [4.69, 9.17) is 14.2 Å². The largest absolute Gasteiger partial charge is 0.497 e. The summed E-state index contributed by atoms with van der Waals surface area (Å²) >= 11 is 0. The van der Waals surface area contributed by atoms with E-state index in [1.807, 2.05) is 18.2 Å². The maximum absolute atomic E-state index is 12.4. The smallest absolute Gasteiger partial charge is 0.246 e. The predicted octanol–water partition coefficient (Wildman–Crippen LogP) is 3.12. The first-order valence-corrected chi connectivity index (χ1v) is 9.98. The van der Waals surface area contributed by atoms with Gasteiger partial charge in [-0.3, -0.25) is 14.3 Å². The van der Waals surface area contributed by atoms with Gasteiger partial charge in [0.2, 0.25) is 11.8 Å². The lowest BCUT2D eigenvalue weighted by Gasteiger charge is -2.12. The molecule has 0 fully saturated rings. The maximum Gasteiger partial charge on any atom is 0.246 e. The Balaban J connectivity index is 1.50. The van der Waals surface area contributed by atoms with Crippen molar-refractivity contribution in [2.24, 2.45) is 0 Å². The van der Waals surface area contributed by atoms with Gasteiger partial charge in [0.15, 0.2) is 11.5 Å². The number of carbonyl (C=O) groups is 2. The highest BCUT2D eigenvalue weighted by Crippen LogP contribution is 2.31. The number of carbonyl (C=O) groups excluding carboxylic acids is 2. The molecule has 1 heterocycles. The van der Waals surface area contributed by atoms with Gasteiger partial charge in [0.1, 0.15) is 12.3 Å². The molecule has 2 amide bonds. The lowest BCUT2D eigenvalue weighted by Crippen LogP contribution is -2.19. The van der Waals surface area contributed by atoms with E-state index in [1.165, 1.54) is 10.9 Å². The quantitative estimate of drug-likeness (QED) is 0.504. The molecule has 1 aromatic heterocycles. The molecule has 168 valence electrons. The highest BCUT2D eigenvalue weighted by atomic mass is 16.5. The zero-order chi connectivity index (χ0) is 22.9. The second-order valence-electron chi connectivity index (χ2n) is 6.90. The number of benzene rings is 2. The number of rotatable bonds is 10. The van der Waals surface area contributed by atoms with Crippen LogP contribution in [0.4, 0.5) is 11.4 Å². The molecule has 0 aliphatic carbocycles. The highest BCUT2D eigenvalue weighted by Gasteiger charge is 2.12. The third-order valence-corrected chi connectivity index (χ3v) is 4.70. The standard InChI is InChI=1S/C23H26N4O5/c1-30-19-10-8-17(9-11-19)25-22(29)15-27-14-18(13-24-27)26-21(28)12-7-16-5-4-6-20(31-2)23(16)32-3/h4-6,8-11,13-14H,7,12,15H2,1-3H3,(H,25,29)(H,26,28). The van der Waals surface area contributed by atoms with Gasteiger partial charge in [-0.2, -0.15) is 5.10 Å². The third kappa shape index (κ3) is 6.00.